The summed E-state index contributed by atoms with van der Waals surface area (Å²) >= 11 is 0. The summed E-state index contributed by atoms with van der Waals surface area (Å²) in [5, 5.41) is -0.231. The van der Waals surface area contributed by atoms with E-state index in [9.17, 15) is 13.0 Å². The first-order valence-electron chi connectivity index (χ1n) is 22.2. The number of hydrogen-bond donors (Lipinski definition) is 0. The minimum atomic E-state index is -5.31. The van der Waals surface area contributed by atoms with Gasteiger partial charge in [-0.3, -0.25) is 4.18 Å². The van der Waals surface area contributed by atoms with E-state index < -0.39 is 58.1 Å². The monoisotopic (exact) mass is 932 g/mol. The van der Waals surface area contributed by atoms with Gasteiger partial charge in [0.25, 0.3) is 0 Å². The molecule has 2 fully saturated rings. The molecule has 2 heterocycles. The van der Waals surface area contributed by atoms with E-state index in [1.807, 2.05) is 182 Å². The second-order valence-corrected chi connectivity index (χ2v) is 19.7. The average molecular weight is 933 g/mol. The van der Waals surface area contributed by atoms with Crippen LogP contribution in [0.3, 0.4) is 0 Å². The maximum Gasteiger partial charge on any atom is 0.218 e. The summed E-state index contributed by atoms with van der Waals surface area (Å²) in [4.78, 5) is 0. The molecule has 2 aliphatic rings. The largest absolute Gasteiger partial charge is 0.726 e. The fraction of sp³-hybridized carbons (Fsp3) is 0.321. The van der Waals surface area contributed by atoms with Crippen molar-refractivity contribution in [1.82, 2.24) is 0 Å². The van der Waals surface area contributed by atoms with Crippen molar-refractivity contribution in [3.8, 4) is 0 Å². The summed E-state index contributed by atoms with van der Waals surface area (Å²) in [7, 11) is -5.93. The van der Waals surface area contributed by atoms with Crippen molar-refractivity contribution in [1.29, 1.82) is 0 Å². The highest BCUT2D eigenvalue weighted by atomic mass is 32.3. The predicted octanol–water partition coefficient (Wildman–Crippen LogP) is 8.33. The van der Waals surface area contributed by atoms with E-state index in [2.05, 4.69) is 0 Å². The van der Waals surface area contributed by atoms with Gasteiger partial charge in [0.15, 0.2) is 11.5 Å². The molecule has 0 aromatic heterocycles. The van der Waals surface area contributed by atoms with Crippen molar-refractivity contribution in [2.75, 3.05) is 18.1 Å². The summed E-state index contributed by atoms with van der Waals surface area (Å²) in [5.74, 6) is 0.791. The zero-order valence-corrected chi connectivity index (χ0v) is 38.2. The summed E-state index contributed by atoms with van der Waals surface area (Å²) in [6, 6.07) is 58.7. The van der Waals surface area contributed by atoms with Crippen molar-refractivity contribution < 1.29 is 50.3 Å². The molecule has 0 radical (unpaired) electrons. The molecule has 2 saturated heterocycles. The van der Waals surface area contributed by atoms with Crippen molar-refractivity contribution >= 4 is 21.3 Å². The number of ether oxygens (including phenoxy) is 7. The van der Waals surface area contributed by atoms with Crippen LogP contribution in [0.2, 0.25) is 0 Å². The molecule has 2 aliphatic heterocycles. The van der Waals surface area contributed by atoms with Gasteiger partial charge < -0.3 is 37.7 Å². The third kappa shape index (κ3) is 14.1. The van der Waals surface area contributed by atoms with E-state index in [1.54, 1.807) is 0 Å². The SMILES string of the molecule is O=S(=O)([O-])O[C@@H]1[C@H](OCc2ccccc2)[C@@H](OCc2ccccc2)[C@H](OCc2ccccc2)O[C@@H]1C[S+]1C[C@@H](OCc2ccccc2)[C@H](OCc2ccccc2)[C@H]1COCc1ccccc1. The summed E-state index contributed by atoms with van der Waals surface area (Å²) in [6.07, 6.45) is -6.45. The van der Waals surface area contributed by atoms with Gasteiger partial charge in [0.05, 0.1) is 46.2 Å². The third-order valence-corrected chi connectivity index (χ3v) is 14.8. The zero-order chi connectivity index (χ0) is 45.4. The van der Waals surface area contributed by atoms with Crippen molar-refractivity contribution in [2.24, 2.45) is 0 Å². The van der Waals surface area contributed by atoms with Crippen molar-refractivity contribution in [3.63, 3.8) is 0 Å². The zero-order valence-electron chi connectivity index (χ0n) is 36.6. The molecule has 346 valence electrons. The Morgan fingerprint density at radius 1 is 0.470 bits per heavy atom. The average Bonchev–Trinajstić information content (AvgIpc) is 3.67. The molecule has 0 N–H and O–H groups in total. The van der Waals surface area contributed by atoms with E-state index >= 15 is 0 Å². The second kappa shape index (κ2) is 24.3. The summed E-state index contributed by atoms with van der Waals surface area (Å²) < 4.78 is 91.0. The van der Waals surface area contributed by atoms with Crippen LogP contribution in [-0.2, 0) is 98.3 Å². The molecule has 66 heavy (non-hydrogen) atoms. The highest BCUT2D eigenvalue weighted by molar-refractivity contribution is 7.97. The van der Waals surface area contributed by atoms with E-state index in [1.165, 1.54) is 0 Å². The number of benzene rings is 6. The Kier molecular flexibility index (Phi) is 17.6. The lowest BCUT2D eigenvalue weighted by molar-refractivity contribution is -0.311. The first-order valence-corrected chi connectivity index (χ1v) is 25.2. The Morgan fingerprint density at radius 2 is 0.848 bits per heavy atom. The second-order valence-electron chi connectivity index (χ2n) is 16.3. The molecule has 6 aromatic carbocycles. The molecule has 0 saturated carbocycles. The van der Waals surface area contributed by atoms with Crippen LogP contribution in [0.5, 0.6) is 0 Å². The predicted molar refractivity (Wildman–Crippen MR) is 252 cm³/mol. The van der Waals surface area contributed by atoms with Crippen LogP contribution in [0, 0.1) is 0 Å². The fourth-order valence-electron chi connectivity index (χ4n) is 8.27. The molecule has 11 nitrogen and oxygen atoms in total. The van der Waals surface area contributed by atoms with Gasteiger partial charge in [0, 0.05) is 10.9 Å². The van der Waals surface area contributed by atoms with Gasteiger partial charge >= 0.3 is 0 Å². The highest BCUT2D eigenvalue weighted by Gasteiger charge is 2.57. The standard InChI is InChI=1S/C53H56O11S2/c54-66(55,56)64-50-47(63-53(62-36-45-29-17-6-18-30-45)52(61-35-44-27-15-5-16-28-44)51(50)60-34-43-25-13-4-14-26-43)39-65-38-46(58-32-41-21-9-2-10-22-41)49(59-33-42-23-11-3-12-24-42)48(65)37-57-31-40-19-7-1-8-20-40/h1-30,46-53H,31-39H2/t46-,47-,48-,49+,50+,51+,52-,53-,65?/m1/s1. The summed E-state index contributed by atoms with van der Waals surface area (Å²) in [5.41, 5.74) is 5.65. The van der Waals surface area contributed by atoms with E-state index in [-0.39, 0.29) is 36.9 Å². The normalized spacial score (nSPS) is 24.3. The Balaban J connectivity index is 1.14. The van der Waals surface area contributed by atoms with Gasteiger partial charge in [-0.2, -0.15) is 0 Å². The Hall–Kier alpha value is -4.74. The first kappa shape index (κ1) is 47.7. The molecule has 0 bridgehead atoms. The van der Waals surface area contributed by atoms with E-state index in [0.29, 0.717) is 32.2 Å². The summed E-state index contributed by atoms with van der Waals surface area (Å²) in [6.45, 7) is 1.74. The number of rotatable bonds is 23. The van der Waals surface area contributed by atoms with Gasteiger partial charge in [-0.1, -0.05) is 182 Å². The van der Waals surface area contributed by atoms with Crippen LogP contribution in [-0.4, -0.2) is 79.2 Å². The highest BCUT2D eigenvalue weighted by Crippen LogP contribution is 2.37. The first-order chi connectivity index (χ1) is 32.3. The molecule has 0 aliphatic carbocycles. The van der Waals surface area contributed by atoms with Crippen LogP contribution < -0.4 is 0 Å². The topological polar surface area (TPSA) is 131 Å². The Bertz CT molecular complexity index is 2400. The lowest BCUT2D eigenvalue weighted by Crippen LogP contribution is -2.62. The molecular formula is C53H56O11S2. The van der Waals surface area contributed by atoms with Crippen LogP contribution in [0.25, 0.3) is 0 Å². The molecular weight excluding hydrogens is 877 g/mol. The molecule has 9 atom stereocenters. The van der Waals surface area contributed by atoms with Crippen molar-refractivity contribution in [3.05, 3.63) is 215 Å². The quantitative estimate of drug-likeness (QED) is 0.0349. The lowest BCUT2D eigenvalue weighted by Gasteiger charge is -2.45. The molecule has 1 unspecified atom stereocenters. The fourth-order valence-corrected chi connectivity index (χ4v) is 11.7. The van der Waals surface area contributed by atoms with Crippen LogP contribution in [0.4, 0.5) is 0 Å². The Labute approximate surface area is 391 Å². The van der Waals surface area contributed by atoms with E-state index in [4.69, 9.17) is 37.3 Å². The maximum absolute atomic E-state index is 12.8. The van der Waals surface area contributed by atoms with Gasteiger partial charge in [0.1, 0.15) is 48.1 Å². The lowest BCUT2D eigenvalue weighted by atomic mass is 9.99. The van der Waals surface area contributed by atoms with Gasteiger partial charge in [-0.15, -0.1) is 0 Å². The van der Waals surface area contributed by atoms with Crippen LogP contribution >= 0.6 is 0 Å². The van der Waals surface area contributed by atoms with Gasteiger partial charge in [-0.05, 0) is 33.4 Å². The minimum Gasteiger partial charge on any atom is -0.726 e. The Morgan fingerprint density at radius 3 is 1.29 bits per heavy atom. The van der Waals surface area contributed by atoms with Crippen molar-refractivity contribution in [2.45, 2.75) is 87.8 Å². The molecule has 13 heteroatoms. The molecule has 8 rings (SSSR count). The molecule has 0 spiro atoms. The number of hydrogen-bond acceptors (Lipinski definition) is 11. The third-order valence-electron chi connectivity index (χ3n) is 11.6. The molecule has 0 amide bonds. The maximum atomic E-state index is 12.8. The molecule has 6 aromatic rings. The van der Waals surface area contributed by atoms with Crippen LogP contribution in [0.15, 0.2) is 182 Å². The minimum absolute atomic E-state index is 0.0695. The van der Waals surface area contributed by atoms with Gasteiger partial charge in [-0.25, -0.2) is 8.42 Å². The smallest absolute Gasteiger partial charge is 0.218 e. The van der Waals surface area contributed by atoms with E-state index in [0.717, 1.165) is 33.4 Å². The van der Waals surface area contributed by atoms with Crippen LogP contribution in [0.1, 0.15) is 33.4 Å². The van der Waals surface area contributed by atoms with Gasteiger partial charge in [0.2, 0.25) is 10.4 Å².